The van der Waals surface area contributed by atoms with Crippen LogP contribution in [0.15, 0.2) is 47.4 Å². The zero-order valence-corrected chi connectivity index (χ0v) is 20.6. The van der Waals surface area contributed by atoms with Gasteiger partial charge in [-0.1, -0.05) is 29.8 Å². The Kier molecular flexibility index (Phi) is 8.31. The molecule has 2 aliphatic heterocycles. The number of sulfonamides is 1. The minimum atomic E-state index is -3.77. The molecule has 8 nitrogen and oxygen atoms in total. The van der Waals surface area contributed by atoms with E-state index in [2.05, 4.69) is 10.2 Å². The van der Waals surface area contributed by atoms with E-state index in [1.54, 1.807) is 0 Å². The number of halogens is 1. The van der Waals surface area contributed by atoms with E-state index < -0.39 is 10.0 Å². The van der Waals surface area contributed by atoms with Gasteiger partial charge in [-0.2, -0.15) is 0 Å². The normalized spacial score (nSPS) is 16.7. The van der Waals surface area contributed by atoms with Crippen LogP contribution in [0.5, 0.6) is 5.75 Å². The molecule has 0 radical (unpaired) electrons. The number of fused-ring (bicyclic) bond motifs is 1. The first-order valence-electron chi connectivity index (χ1n) is 11.5. The van der Waals surface area contributed by atoms with Gasteiger partial charge in [-0.05, 0) is 55.6 Å². The summed E-state index contributed by atoms with van der Waals surface area (Å²) in [7, 11) is -3.77. The van der Waals surface area contributed by atoms with Crippen LogP contribution >= 0.6 is 11.6 Å². The summed E-state index contributed by atoms with van der Waals surface area (Å²) in [6, 6.07) is 11.9. The molecule has 2 aromatic rings. The van der Waals surface area contributed by atoms with Crippen LogP contribution in [0.1, 0.15) is 18.4 Å². The van der Waals surface area contributed by atoms with Gasteiger partial charge in [0.25, 0.3) is 15.9 Å². The van der Waals surface area contributed by atoms with Gasteiger partial charge >= 0.3 is 0 Å². The number of morpholine rings is 1. The van der Waals surface area contributed by atoms with E-state index in [4.69, 9.17) is 21.1 Å². The van der Waals surface area contributed by atoms with E-state index in [9.17, 15) is 13.2 Å². The van der Waals surface area contributed by atoms with Crippen LogP contribution in [0.4, 0.5) is 5.69 Å². The van der Waals surface area contributed by atoms with Crippen LogP contribution < -0.4 is 14.4 Å². The van der Waals surface area contributed by atoms with Crippen LogP contribution in [0.3, 0.4) is 0 Å². The monoisotopic (exact) mass is 507 g/mol. The van der Waals surface area contributed by atoms with Gasteiger partial charge in [0.15, 0.2) is 6.61 Å². The first-order valence-corrected chi connectivity index (χ1v) is 13.4. The number of amides is 1. The Hall–Kier alpha value is -2.33. The summed E-state index contributed by atoms with van der Waals surface area (Å²) in [4.78, 5) is 14.5. The number of anilines is 1. The molecule has 34 heavy (non-hydrogen) atoms. The second kappa shape index (κ2) is 11.4. The molecule has 0 spiro atoms. The molecule has 4 rings (SSSR count). The standard InChI is InChI=1S/C24H30ClN3O5S/c25-21-17-20(34(30,31)28-12-3-6-19-5-1-2-7-22(19)28)8-9-23(21)33-18-24(29)26-10-4-11-27-13-15-32-16-14-27/h1-2,5,7-9,17H,3-4,6,10-16,18H2,(H,26,29). The van der Waals surface area contributed by atoms with Gasteiger partial charge in [-0.15, -0.1) is 0 Å². The highest BCUT2D eigenvalue weighted by Crippen LogP contribution is 2.34. The zero-order chi connectivity index (χ0) is 24.0. The lowest BCUT2D eigenvalue weighted by Crippen LogP contribution is -2.38. The van der Waals surface area contributed by atoms with Crippen LogP contribution in [-0.4, -0.2) is 71.8 Å². The van der Waals surface area contributed by atoms with E-state index in [1.165, 1.54) is 22.5 Å². The van der Waals surface area contributed by atoms with Crippen molar-refractivity contribution in [2.75, 3.05) is 56.8 Å². The summed E-state index contributed by atoms with van der Waals surface area (Å²) in [5.41, 5.74) is 1.72. The zero-order valence-electron chi connectivity index (χ0n) is 19.0. The van der Waals surface area contributed by atoms with Gasteiger partial charge in [0.05, 0.1) is 28.8 Å². The molecule has 0 aromatic heterocycles. The van der Waals surface area contributed by atoms with Crippen molar-refractivity contribution in [1.82, 2.24) is 10.2 Å². The summed E-state index contributed by atoms with van der Waals surface area (Å²) in [6.07, 6.45) is 2.45. The van der Waals surface area contributed by atoms with E-state index in [-0.39, 0.29) is 28.2 Å². The van der Waals surface area contributed by atoms with Crippen LogP contribution in [0.25, 0.3) is 0 Å². The SMILES string of the molecule is O=C(COc1ccc(S(=O)(=O)N2CCCc3ccccc32)cc1Cl)NCCCN1CCOCC1. The molecule has 10 heteroatoms. The largest absolute Gasteiger partial charge is 0.482 e. The summed E-state index contributed by atoms with van der Waals surface area (Å²) < 4.78 is 38.9. The van der Waals surface area contributed by atoms with Crippen molar-refractivity contribution < 1.29 is 22.7 Å². The van der Waals surface area contributed by atoms with Gasteiger partial charge in [0.2, 0.25) is 0 Å². The molecule has 1 saturated heterocycles. The van der Waals surface area contributed by atoms with Gasteiger partial charge in [-0.25, -0.2) is 8.42 Å². The highest BCUT2D eigenvalue weighted by molar-refractivity contribution is 7.92. The number of carbonyl (C=O) groups excluding carboxylic acids is 1. The van der Waals surface area contributed by atoms with Crippen molar-refractivity contribution in [3.63, 3.8) is 0 Å². The minimum Gasteiger partial charge on any atom is -0.482 e. The Morgan fingerprint density at radius 3 is 2.71 bits per heavy atom. The molecule has 1 fully saturated rings. The van der Waals surface area contributed by atoms with Gasteiger partial charge in [-0.3, -0.25) is 14.0 Å². The second-order valence-electron chi connectivity index (χ2n) is 8.35. The van der Waals surface area contributed by atoms with Crippen LogP contribution in [-0.2, 0) is 26.0 Å². The lowest BCUT2D eigenvalue weighted by Gasteiger charge is -2.30. The molecule has 0 atom stereocenters. The Morgan fingerprint density at radius 2 is 1.91 bits per heavy atom. The maximum absolute atomic E-state index is 13.3. The second-order valence-corrected chi connectivity index (χ2v) is 10.6. The van der Waals surface area contributed by atoms with Crippen molar-refractivity contribution in [3.8, 4) is 5.75 Å². The fourth-order valence-corrected chi connectivity index (χ4v) is 6.05. The Balaban J connectivity index is 1.30. The number of aryl methyl sites for hydroxylation is 1. The number of hydrogen-bond acceptors (Lipinski definition) is 6. The number of benzene rings is 2. The van der Waals surface area contributed by atoms with E-state index in [0.29, 0.717) is 18.8 Å². The third-order valence-electron chi connectivity index (χ3n) is 5.99. The van der Waals surface area contributed by atoms with E-state index in [1.807, 2.05) is 24.3 Å². The van der Waals surface area contributed by atoms with Gasteiger partial charge < -0.3 is 14.8 Å². The van der Waals surface area contributed by atoms with Gasteiger partial charge in [0, 0.05) is 26.2 Å². The Labute approximate surface area is 205 Å². The number of hydrogen-bond donors (Lipinski definition) is 1. The topological polar surface area (TPSA) is 88.2 Å². The lowest BCUT2D eigenvalue weighted by atomic mass is 10.0. The number of carbonyl (C=O) groups is 1. The maximum Gasteiger partial charge on any atom is 0.264 e. The van der Waals surface area contributed by atoms with Crippen molar-refractivity contribution >= 4 is 33.2 Å². The third kappa shape index (κ3) is 6.02. The summed E-state index contributed by atoms with van der Waals surface area (Å²) in [5.74, 6) is 0.0165. The van der Waals surface area contributed by atoms with Crippen LogP contribution in [0.2, 0.25) is 5.02 Å². The number of ether oxygens (including phenoxy) is 2. The van der Waals surface area contributed by atoms with Crippen LogP contribution in [0, 0.1) is 0 Å². The summed E-state index contributed by atoms with van der Waals surface area (Å²) in [6.45, 7) is 5.05. The molecular formula is C24H30ClN3O5S. The number of rotatable bonds is 9. The molecule has 2 aliphatic rings. The Morgan fingerprint density at radius 1 is 1.12 bits per heavy atom. The highest BCUT2D eigenvalue weighted by Gasteiger charge is 2.29. The molecule has 1 N–H and O–H groups in total. The molecule has 0 aliphatic carbocycles. The minimum absolute atomic E-state index is 0.0918. The number of nitrogens with one attached hydrogen (secondary N) is 1. The van der Waals surface area contributed by atoms with E-state index >= 15 is 0 Å². The molecule has 2 aromatic carbocycles. The molecule has 0 bridgehead atoms. The predicted octanol–water partition coefficient (Wildman–Crippen LogP) is 2.70. The predicted molar refractivity (Wildman–Crippen MR) is 131 cm³/mol. The molecule has 184 valence electrons. The van der Waals surface area contributed by atoms with Crippen molar-refractivity contribution in [1.29, 1.82) is 0 Å². The van der Waals surface area contributed by atoms with E-state index in [0.717, 1.165) is 57.7 Å². The summed E-state index contributed by atoms with van der Waals surface area (Å²) in [5, 5.41) is 2.98. The lowest BCUT2D eigenvalue weighted by molar-refractivity contribution is -0.123. The molecule has 0 saturated carbocycles. The molecule has 0 unspecified atom stereocenters. The molecule has 1 amide bonds. The fourth-order valence-electron chi connectivity index (χ4n) is 4.18. The third-order valence-corrected chi connectivity index (χ3v) is 8.10. The number of nitrogens with zero attached hydrogens (tertiary/aromatic N) is 2. The first-order chi connectivity index (χ1) is 16.4. The fraction of sp³-hybridized carbons (Fsp3) is 0.458. The summed E-state index contributed by atoms with van der Waals surface area (Å²) >= 11 is 6.32. The highest BCUT2D eigenvalue weighted by atomic mass is 35.5. The van der Waals surface area contributed by atoms with Gasteiger partial charge in [0.1, 0.15) is 5.75 Å². The quantitative estimate of drug-likeness (QED) is 0.525. The average Bonchev–Trinajstić information content (AvgIpc) is 2.86. The molecule has 2 heterocycles. The maximum atomic E-state index is 13.3. The molecular weight excluding hydrogens is 478 g/mol. The smallest absolute Gasteiger partial charge is 0.264 e. The van der Waals surface area contributed by atoms with Crippen molar-refractivity contribution in [2.45, 2.75) is 24.2 Å². The first kappa shape index (κ1) is 24.8. The number of para-hydroxylation sites is 1. The van der Waals surface area contributed by atoms with Crippen molar-refractivity contribution in [3.05, 3.63) is 53.1 Å². The average molecular weight is 508 g/mol. The van der Waals surface area contributed by atoms with Crippen molar-refractivity contribution in [2.24, 2.45) is 0 Å². The Bertz CT molecular complexity index is 1110.